The summed E-state index contributed by atoms with van der Waals surface area (Å²) in [5, 5.41) is 11.8. The number of aromatic amines is 1. The van der Waals surface area contributed by atoms with E-state index < -0.39 is 12.3 Å². The maximum atomic E-state index is 12.2. The molecule has 1 amide bonds. The largest absolute Gasteiger partial charge is 0.573 e. The van der Waals surface area contributed by atoms with Crippen LogP contribution in [0.4, 0.5) is 13.2 Å². The summed E-state index contributed by atoms with van der Waals surface area (Å²) in [5.74, 6) is -1.60. The zero-order chi connectivity index (χ0) is 18.4. The van der Waals surface area contributed by atoms with Gasteiger partial charge in [0.1, 0.15) is 11.4 Å². The maximum Gasteiger partial charge on any atom is 0.573 e. The second kappa shape index (κ2) is 7.91. The van der Waals surface area contributed by atoms with Crippen molar-refractivity contribution in [3.05, 3.63) is 30.0 Å². The lowest BCUT2D eigenvalue weighted by molar-refractivity contribution is -0.274. The smallest absolute Gasteiger partial charge is 0.481 e. The molecule has 0 aliphatic carbocycles. The van der Waals surface area contributed by atoms with Crippen molar-refractivity contribution in [1.82, 2.24) is 10.3 Å². The van der Waals surface area contributed by atoms with Gasteiger partial charge in [-0.15, -0.1) is 13.2 Å². The topological polar surface area (TPSA) is 91.4 Å². The highest BCUT2D eigenvalue weighted by Gasteiger charge is 2.31. The van der Waals surface area contributed by atoms with Crippen LogP contribution in [0.2, 0.25) is 0 Å². The number of halogens is 3. The minimum absolute atomic E-state index is 0.0955. The van der Waals surface area contributed by atoms with Crippen LogP contribution in [-0.4, -0.2) is 34.9 Å². The number of carboxylic acid groups (broad SMARTS) is 1. The van der Waals surface area contributed by atoms with Gasteiger partial charge < -0.3 is 20.1 Å². The molecule has 0 spiro atoms. The molecular weight excluding hydrogens is 341 g/mol. The summed E-state index contributed by atoms with van der Waals surface area (Å²) in [6.07, 6.45) is -2.82. The highest BCUT2D eigenvalue weighted by molar-refractivity contribution is 5.98. The van der Waals surface area contributed by atoms with Crippen LogP contribution in [0, 0.1) is 0 Å². The molecule has 9 heteroatoms. The fourth-order valence-corrected chi connectivity index (χ4v) is 2.30. The number of unbranched alkanes of at least 4 members (excludes halogenated alkanes) is 2. The Labute approximate surface area is 141 Å². The number of benzene rings is 1. The second-order valence-corrected chi connectivity index (χ2v) is 5.44. The number of carbonyl (C=O) groups excluding carboxylic acids is 1. The van der Waals surface area contributed by atoms with Crippen LogP contribution < -0.4 is 10.1 Å². The van der Waals surface area contributed by atoms with Crippen molar-refractivity contribution in [3.63, 3.8) is 0 Å². The fourth-order valence-electron chi connectivity index (χ4n) is 2.30. The molecule has 1 aromatic carbocycles. The van der Waals surface area contributed by atoms with E-state index in [1.54, 1.807) is 0 Å². The van der Waals surface area contributed by atoms with E-state index in [0.29, 0.717) is 36.7 Å². The summed E-state index contributed by atoms with van der Waals surface area (Å²) < 4.78 is 40.5. The first-order valence-electron chi connectivity index (χ1n) is 7.63. The zero-order valence-electron chi connectivity index (χ0n) is 13.2. The minimum Gasteiger partial charge on any atom is -0.481 e. The first-order chi connectivity index (χ1) is 11.7. The third-order valence-electron chi connectivity index (χ3n) is 3.43. The number of aromatic nitrogens is 1. The van der Waals surface area contributed by atoms with Crippen molar-refractivity contribution >= 4 is 22.8 Å². The lowest BCUT2D eigenvalue weighted by Gasteiger charge is -2.08. The van der Waals surface area contributed by atoms with Gasteiger partial charge in [0.05, 0.1) is 0 Å². The normalized spacial score (nSPS) is 11.5. The number of amides is 1. The molecule has 1 heterocycles. The molecule has 2 aromatic rings. The van der Waals surface area contributed by atoms with Gasteiger partial charge in [0.15, 0.2) is 0 Å². The summed E-state index contributed by atoms with van der Waals surface area (Å²) in [6.45, 7) is 0.385. The van der Waals surface area contributed by atoms with Gasteiger partial charge in [0.25, 0.3) is 5.91 Å². The van der Waals surface area contributed by atoms with Crippen LogP contribution in [0.5, 0.6) is 5.75 Å². The summed E-state index contributed by atoms with van der Waals surface area (Å²) in [6, 6.07) is 5.31. The average Bonchev–Trinajstić information content (AvgIpc) is 2.91. The van der Waals surface area contributed by atoms with Crippen molar-refractivity contribution < 1.29 is 32.6 Å². The van der Waals surface area contributed by atoms with Gasteiger partial charge >= 0.3 is 12.3 Å². The van der Waals surface area contributed by atoms with E-state index in [4.69, 9.17) is 5.11 Å². The van der Waals surface area contributed by atoms with E-state index in [0.717, 1.165) is 0 Å². The van der Waals surface area contributed by atoms with E-state index in [9.17, 15) is 22.8 Å². The van der Waals surface area contributed by atoms with Gasteiger partial charge in [-0.05, 0) is 31.0 Å². The molecule has 136 valence electrons. The SMILES string of the molecule is O=C(O)CCCCCNC(=O)c1cc2ccc(OC(F)(F)F)cc2[nH]1. The third-order valence-corrected chi connectivity index (χ3v) is 3.43. The highest BCUT2D eigenvalue weighted by Crippen LogP contribution is 2.26. The van der Waals surface area contributed by atoms with Gasteiger partial charge in [-0.3, -0.25) is 9.59 Å². The predicted octanol–water partition coefficient (Wildman–Crippen LogP) is 3.44. The Morgan fingerprint density at radius 3 is 2.60 bits per heavy atom. The quantitative estimate of drug-likeness (QED) is 0.631. The molecule has 0 unspecified atom stereocenters. The molecule has 25 heavy (non-hydrogen) atoms. The van der Waals surface area contributed by atoms with Crippen LogP contribution >= 0.6 is 0 Å². The number of hydrogen-bond donors (Lipinski definition) is 3. The van der Waals surface area contributed by atoms with E-state index in [-0.39, 0.29) is 23.8 Å². The molecule has 0 aliphatic heterocycles. The maximum absolute atomic E-state index is 12.2. The molecule has 0 bridgehead atoms. The van der Waals surface area contributed by atoms with E-state index in [1.807, 2.05) is 0 Å². The van der Waals surface area contributed by atoms with Crippen molar-refractivity contribution in [2.24, 2.45) is 0 Å². The monoisotopic (exact) mass is 358 g/mol. The Hall–Kier alpha value is -2.71. The second-order valence-electron chi connectivity index (χ2n) is 5.44. The van der Waals surface area contributed by atoms with Gasteiger partial charge in [0, 0.05) is 29.9 Å². The average molecular weight is 358 g/mol. The van der Waals surface area contributed by atoms with Crippen LogP contribution in [-0.2, 0) is 4.79 Å². The van der Waals surface area contributed by atoms with E-state index >= 15 is 0 Å². The van der Waals surface area contributed by atoms with Gasteiger partial charge in [-0.25, -0.2) is 0 Å². The lowest BCUT2D eigenvalue weighted by Crippen LogP contribution is -2.24. The van der Waals surface area contributed by atoms with Crippen molar-refractivity contribution in [3.8, 4) is 5.75 Å². The highest BCUT2D eigenvalue weighted by atomic mass is 19.4. The number of H-pyrrole nitrogens is 1. The van der Waals surface area contributed by atoms with E-state index in [2.05, 4.69) is 15.0 Å². The molecule has 0 saturated heterocycles. The molecule has 0 fully saturated rings. The lowest BCUT2D eigenvalue weighted by atomic mass is 10.2. The number of nitrogens with one attached hydrogen (secondary N) is 2. The van der Waals surface area contributed by atoms with Crippen molar-refractivity contribution in [1.29, 1.82) is 0 Å². The molecule has 1 aromatic heterocycles. The van der Waals surface area contributed by atoms with Crippen LogP contribution in [0.3, 0.4) is 0 Å². The summed E-state index contributed by atoms with van der Waals surface area (Å²) >= 11 is 0. The first kappa shape index (κ1) is 18.6. The molecule has 2 rings (SSSR count). The summed E-state index contributed by atoms with van der Waals surface area (Å²) in [4.78, 5) is 25.1. The molecule has 0 aliphatic rings. The van der Waals surface area contributed by atoms with Crippen LogP contribution in [0.1, 0.15) is 36.2 Å². The number of hydrogen-bond acceptors (Lipinski definition) is 3. The van der Waals surface area contributed by atoms with Crippen molar-refractivity contribution in [2.45, 2.75) is 32.0 Å². The minimum atomic E-state index is -4.78. The third kappa shape index (κ3) is 6.02. The predicted molar refractivity (Wildman–Crippen MR) is 83.4 cm³/mol. The Morgan fingerprint density at radius 1 is 1.16 bits per heavy atom. The number of alkyl halides is 3. The van der Waals surface area contributed by atoms with Gasteiger partial charge in [-0.2, -0.15) is 0 Å². The summed E-state index contributed by atoms with van der Waals surface area (Å²) in [5.41, 5.74) is 0.582. The molecule has 6 nitrogen and oxygen atoms in total. The number of ether oxygens (including phenoxy) is 1. The number of aliphatic carboxylic acids is 1. The molecular formula is C16H17F3N2O4. The summed E-state index contributed by atoms with van der Waals surface area (Å²) in [7, 11) is 0. The Bertz CT molecular complexity index is 755. The Morgan fingerprint density at radius 2 is 1.92 bits per heavy atom. The standard InChI is InChI=1S/C16H17F3N2O4/c17-16(18,19)25-11-6-5-10-8-13(21-12(10)9-11)15(24)20-7-3-1-2-4-14(22)23/h5-6,8-9,21H,1-4,7H2,(H,20,24)(H,22,23). The van der Waals surface area contributed by atoms with Gasteiger partial charge in [0.2, 0.25) is 0 Å². The Balaban J connectivity index is 1.90. The molecule has 0 radical (unpaired) electrons. The molecule has 0 saturated carbocycles. The number of carboxylic acids is 1. The number of rotatable bonds is 8. The zero-order valence-corrected chi connectivity index (χ0v) is 13.2. The van der Waals surface area contributed by atoms with Crippen LogP contribution in [0.15, 0.2) is 24.3 Å². The van der Waals surface area contributed by atoms with Crippen molar-refractivity contribution in [2.75, 3.05) is 6.54 Å². The van der Waals surface area contributed by atoms with Gasteiger partial charge in [-0.1, -0.05) is 6.42 Å². The van der Waals surface area contributed by atoms with E-state index in [1.165, 1.54) is 24.3 Å². The Kier molecular flexibility index (Phi) is 5.89. The fraction of sp³-hybridized carbons (Fsp3) is 0.375. The number of fused-ring (bicyclic) bond motifs is 1. The molecule has 0 atom stereocenters. The molecule has 3 N–H and O–H groups in total. The number of carbonyl (C=O) groups is 2. The first-order valence-corrected chi connectivity index (χ1v) is 7.63. The van der Waals surface area contributed by atoms with Crippen LogP contribution in [0.25, 0.3) is 10.9 Å².